The lowest BCUT2D eigenvalue weighted by molar-refractivity contribution is -0.137. The van der Waals surface area contributed by atoms with Gasteiger partial charge in [0.2, 0.25) is 11.9 Å². The van der Waals surface area contributed by atoms with E-state index in [1.807, 2.05) is 19.1 Å². The number of aliphatic hydroxyl groups is 1. The molecule has 3 saturated heterocycles. The summed E-state index contributed by atoms with van der Waals surface area (Å²) in [5.41, 5.74) is 3.19. The molecule has 190 valence electrons. The van der Waals surface area contributed by atoms with Crippen LogP contribution in [-0.4, -0.2) is 88.2 Å². The molecule has 1 unspecified atom stereocenters. The molecule has 6 rings (SSSR count). The number of aliphatic hydroxyl groups excluding tert-OH is 1. The van der Waals surface area contributed by atoms with Crippen molar-refractivity contribution in [3.05, 3.63) is 42.1 Å². The highest BCUT2D eigenvalue weighted by atomic mass is 16.5. The third-order valence-electron chi connectivity index (χ3n) is 7.65. The molecule has 0 radical (unpaired) electrons. The summed E-state index contributed by atoms with van der Waals surface area (Å²) < 4.78 is 5.53. The van der Waals surface area contributed by atoms with Crippen molar-refractivity contribution in [1.29, 1.82) is 5.26 Å². The van der Waals surface area contributed by atoms with Crippen LogP contribution in [0.4, 0.5) is 11.8 Å². The SMILES string of the molecule is C=CC(=O)N1CC2(CC(O)N(c3nc(N4CCOCC4)nc(-c4c(C)ccc5[nH]ncc45)c3C#N)C2)C1. The van der Waals surface area contributed by atoms with Gasteiger partial charge in [0, 0.05) is 55.5 Å². The number of carbonyl (C=O) groups is 1. The van der Waals surface area contributed by atoms with E-state index >= 15 is 0 Å². The number of nitriles is 1. The number of aryl methyl sites for hydroxylation is 1. The molecule has 1 atom stereocenters. The lowest BCUT2D eigenvalue weighted by Gasteiger charge is -2.47. The molecule has 5 heterocycles. The second-order valence-corrected chi connectivity index (χ2v) is 10.1. The smallest absolute Gasteiger partial charge is 0.245 e. The molecule has 37 heavy (non-hydrogen) atoms. The summed E-state index contributed by atoms with van der Waals surface area (Å²) in [4.78, 5) is 27.4. The van der Waals surface area contributed by atoms with Crippen LogP contribution in [0, 0.1) is 23.7 Å². The van der Waals surface area contributed by atoms with Crippen LogP contribution in [-0.2, 0) is 9.53 Å². The number of aromatic nitrogens is 4. The van der Waals surface area contributed by atoms with Gasteiger partial charge in [-0.15, -0.1) is 0 Å². The molecule has 2 aromatic heterocycles. The Morgan fingerprint density at radius 2 is 2.08 bits per heavy atom. The molecule has 0 saturated carbocycles. The van der Waals surface area contributed by atoms with Crippen LogP contribution < -0.4 is 9.80 Å². The van der Waals surface area contributed by atoms with Crippen LogP contribution in [0.1, 0.15) is 17.5 Å². The predicted octanol–water partition coefficient (Wildman–Crippen LogP) is 1.58. The molecule has 3 aromatic rings. The zero-order valence-corrected chi connectivity index (χ0v) is 20.6. The van der Waals surface area contributed by atoms with Crippen molar-refractivity contribution in [3.8, 4) is 17.3 Å². The Labute approximate surface area is 214 Å². The van der Waals surface area contributed by atoms with Crippen LogP contribution in [0.2, 0.25) is 0 Å². The predicted molar refractivity (Wildman–Crippen MR) is 137 cm³/mol. The number of carbonyl (C=O) groups excluding carboxylic acids is 1. The Morgan fingerprint density at radius 3 is 2.81 bits per heavy atom. The number of rotatable bonds is 4. The standard InChI is InChI=1S/C26H28N8O3/c1-3-20(35)33-13-26(14-33)10-21(36)34(15-26)24-17(11-27)23(29-25(30-24)32-6-8-37-9-7-32)22-16(2)4-5-19-18(22)12-28-31-19/h3-5,12,21,36H,1,6-10,13-15H2,2H3,(H,28,31). The van der Waals surface area contributed by atoms with E-state index < -0.39 is 6.23 Å². The van der Waals surface area contributed by atoms with Gasteiger partial charge in [0.1, 0.15) is 17.9 Å². The monoisotopic (exact) mass is 500 g/mol. The molecule has 1 aromatic carbocycles. The number of anilines is 2. The number of amides is 1. The van der Waals surface area contributed by atoms with Gasteiger partial charge in [-0.25, -0.2) is 4.98 Å². The maximum absolute atomic E-state index is 12.1. The van der Waals surface area contributed by atoms with Crippen LogP contribution in [0.25, 0.3) is 22.2 Å². The molecular weight excluding hydrogens is 472 g/mol. The number of morpholine rings is 1. The number of benzene rings is 1. The first-order valence-electron chi connectivity index (χ1n) is 12.4. The first kappa shape index (κ1) is 23.4. The number of fused-ring (bicyclic) bond motifs is 1. The second kappa shape index (κ2) is 8.83. The van der Waals surface area contributed by atoms with E-state index in [0.717, 1.165) is 22.0 Å². The summed E-state index contributed by atoms with van der Waals surface area (Å²) in [6.07, 6.45) is 2.71. The van der Waals surface area contributed by atoms with Crippen LogP contribution in [0.5, 0.6) is 0 Å². The number of hydrogen-bond acceptors (Lipinski definition) is 9. The zero-order valence-electron chi connectivity index (χ0n) is 20.6. The minimum Gasteiger partial charge on any atom is -0.378 e. The van der Waals surface area contributed by atoms with Crippen molar-refractivity contribution in [2.45, 2.75) is 19.6 Å². The van der Waals surface area contributed by atoms with E-state index in [9.17, 15) is 15.2 Å². The fourth-order valence-corrected chi connectivity index (χ4v) is 5.80. The maximum Gasteiger partial charge on any atom is 0.245 e. The van der Waals surface area contributed by atoms with Gasteiger partial charge in [0.25, 0.3) is 0 Å². The quantitative estimate of drug-likeness (QED) is 0.512. The lowest BCUT2D eigenvalue weighted by atomic mass is 9.78. The number of ether oxygens (including phenoxy) is 1. The normalized spacial score (nSPS) is 20.8. The number of aromatic amines is 1. The van der Waals surface area contributed by atoms with E-state index in [0.29, 0.717) is 75.4 Å². The molecule has 11 heteroatoms. The van der Waals surface area contributed by atoms with Crippen molar-refractivity contribution in [1.82, 2.24) is 25.1 Å². The van der Waals surface area contributed by atoms with Gasteiger partial charge in [0.15, 0.2) is 5.82 Å². The van der Waals surface area contributed by atoms with Gasteiger partial charge in [-0.1, -0.05) is 12.6 Å². The molecule has 0 bridgehead atoms. The minimum absolute atomic E-state index is 0.112. The van der Waals surface area contributed by atoms with Crippen molar-refractivity contribution < 1.29 is 14.6 Å². The Kier molecular flexibility index (Phi) is 5.58. The number of hydrogen-bond donors (Lipinski definition) is 2. The second-order valence-electron chi connectivity index (χ2n) is 10.1. The Balaban J connectivity index is 1.48. The molecule has 1 amide bonds. The van der Waals surface area contributed by atoms with E-state index in [4.69, 9.17) is 14.7 Å². The zero-order chi connectivity index (χ0) is 25.7. The van der Waals surface area contributed by atoms with Gasteiger partial charge in [-0.3, -0.25) is 9.89 Å². The van der Waals surface area contributed by atoms with Crippen LogP contribution in [0.3, 0.4) is 0 Å². The van der Waals surface area contributed by atoms with Crippen molar-refractivity contribution in [3.63, 3.8) is 0 Å². The topological polar surface area (TPSA) is 135 Å². The van der Waals surface area contributed by atoms with Crippen LogP contribution in [0.15, 0.2) is 31.0 Å². The summed E-state index contributed by atoms with van der Waals surface area (Å²) in [5.74, 6) is 0.795. The molecule has 2 N–H and O–H groups in total. The number of nitrogens with zero attached hydrogens (tertiary/aromatic N) is 7. The van der Waals surface area contributed by atoms with Gasteiger partial charge in [0.05, 0.1) is 30.6 Å². The van der Waals surface area contributed by atoms with E-state index in [2.05, 4.69) is 27.7 Å². The summed E-state index contributed by atoms with van der Waals surface area (Å²) >= 11 is 0. The first-order valence-corrected chi connectivity index (χ1v) is 12.4. The number of nitrogens with one attached hydrogen (secondary N) is 1. The average Bonchev–Trinajstić information content (AvgIpc) is 3.51. The Morgan fingerprint density at radius 1 is 1.30 bits per heavy atom. The molecule has 1 spiro atoms. The number of H-pyrrole nitrogens is 1. The minimum atomic E-state index is -0.834. The van der Waals surface area contributed by atoms with Crippen molar-refractivity contribution in [2.24, 2.45) is 5.41 Å². The maximum atomic E-state index is 12.1. The summed E-state index contributed by atoms with van der Waals surface area (Å²) in [7, 11) is 0. The fourth-order valence-electron chi connectivity index (χ4n) is 5.80. The number of likely N-dealkylation sites (tertiary alicyclic amines) is 1. The van der Waals surface area contributed by atoms with Crippen LogP contribution >= 0.6 is 0 Å². The molecule has 3 aliphatic heterocycles. The molecular formula is C26H28N8O3. The Bertz CT molecular complexity index is 1430. The highest BCUT2D eigenvalue weighted by molar-refractivity contribution is 5.97. The molecule has 11 nitrogen and oxygen atoms in total. The lowest BCUT2D eigenvalue weighted by Crippen LogP contribution is -2.59. The first-order chi connectivity index (χ1) is 17.9. The molecule has 3 fully saturated rings. The molecule has 3 aliphatic rings. The Hall–Kier alpha value is -4.01. The van der Waals surface area contributed by atoms with E-state index in [1.54, 1.807) is 16.0 Å². The van der Waals surface area contributed by atoms with E-state index in [-0.39, 0.29) is 11.3 Å². The fraction of sp³-hybridized carbons (Fsp3) is 0.423. The highest BCUT2D eigenvalue weighted by Gasteiger charge is 2.53. The third kappa shape index (κ3) is 3.80. The van der Waals surface area contributed by atoms with E-state index in [1.165, 1.54) is 6.08 Å². The summed E-state index contributed by atoms with van der Waals surface area (Å²) in [5, 5.41) is 29.7. The summed E-state index contributed by atoms with van der Waals surface area (Å²) in [6.45, 7) is 9.50. The summed E-state index contributed by atoms with van der Waals surface area (Å²) in [6, 6.07) is 6.28. The van der Waals surface area contributed by atoms with Crippen molar-refractivity contribution >= 4 is 28.6 Å². The largest absolute Gasteiger partial charge is 0.378 e. The van der Waals surface area contributed by atoms with Gasteiger partial charge in [-0.2, -0.15) is 15.3 Å². The van der Waals surface area contributed by atoms with Gasteiger partial charge < -0.3 is 24.5 Å². The van der Waals surface area contributed by atoms with Crippen molar-refractivity contribution in [2.75, 3.05) is 55.7 Å². The third-order valence-corrected chi connectivity index (χ3v) is 7.65. The molecule has 0 aliphatic carbocycles. The average molecular weight is 501 g/mol. The highest BCUT2D eigenvalue weighted by Crippen LogP contribution is 2.45. The van der Waals surface area contributed by atoms with Gasteiger partial charge in [-0.05, 0) is 24.6 Å². The van der Waals surface area contributed by atoms with Gasteiger partial charge >= 0.3 is 0 Å².